The Morgan fingerprint density at radius 3 is 1.03 bits per heavy atom. The van der Waals surface area contributed by atoms with Crippen LogP contribution in [0.5, 0.6) is 0 Å². The second-order valence-corrected chi connectivity index (χ2v) is 17.9. The van der Waals surface area contributed by atoms with Crippen molar-refractivity contribution in [1.29, 1.82) is 0 Å². The number of anilines is 2. The number of nitrogens with one attached hydrogen (secondary N) is 2. The minimum Gasteiger partial charge on any atom is -0.744 e. The number of fused-ring (bicyclic) bond motifs is 2. The van der Waals surface area contributed by atoms with Crippen LogP contribution in [-0.2, 0) is 40.5 Å². The van der Waals surface area contributed by atoms with Gasteiger partial charge in [-0.1, -0.05) is 12.1 Å². The van der Waals surface area contributed by atoms with Gasteiger partial charge in [-0.25, -0.2) is 38.5 Å². The molecular weight excluding hydrogens is 933 g/mol. The topological polar surface area (TPSA) is 319 Å². The van der Waals surface area contributed by atoms with Gasteiger partial charge < -0.3 is 28.8 Å². The summed E-state index contributed by atoms with van der Waals surface area (Å²) in [6.45, 7) is 3.37. The molecule has 0 atom stereocenters. The maximum absolute atomic E-state index is 12.9. The van der Waals surface area contributed by atoms with Crippen molar-refractivity contribution < 1.29 is 175 Å². The van der Waals surface area contributed by atoms with E-state index in [0.717, 1.165) is 12.1 Å². The van der Waals surface area contributed by atoms with Crippen molar-refractivity contribution in [1.82, 2.24) is 0 Å². The molecule has 0 heterocycles. The summed E-state index contributed by atoms with van der Waals surface area (Å²) in [5, 5.41) is 21.5. The summed E-state index contributed by atoms with van der Waals surface area (Å²) in [7, 11) is -20.5. The first-order chi connectivity index (χ1) is 27.0. The van der Waals surface area contributed by atoms with Crippen LogP contribution in [0.25, 0.3) is 21.5 Å². The smallest absolute Gasteiger partial charge is 0.744 e. The molecule has 6 rings (SSSR count). The standard InChI is InChI=1S/C35H28N6O13S4.4Na/c1-19-11-23(38-40-25-5-3-21-13-27(55(43,44)45)17-33(29(21)15-25)57(49,50)51)7-9-31(19)36-35(42)37-32-10-8-24(12-20(32)2)39-41-26-6-4-22-14-28(56(46,47)48)18-34(30(22)16-26)58(52,53)54;;;;/h3-18H,1-2H3,(H2,36,37,42)(H,43,44,45)(H,46,47,48)(H,49,50,51)(H,52,53,54);;;;/q;4*+1/p-4. The molecule has 0 aliphatic carbocycles. The van der Waals surface area contributed by atoms with Crippen LogP contribution in [0.1, 0.15) is 11.1 Å². The number of urea groups is 1. The molecule has 0 spiro atoms. The largest absolute Gasteiger partial charge is 1.00 e. The molecule has 0 aliphatic heterocycles. The Morgan fingerprint density at radius 1 is 0.435 bits per heavy atom. The zero-order chi connectivity index (χ0) is 42.4. The molecule has 6 aromatic carbocycles. The van der Waals surface area contributed by atoms with Gasteiger partial charge in [0.2, 0.25) is 0 Å². The molecule has 0 unspecified atom stereocenters. The van der Waals surface area contributed by atoms with Crippen LogP contribution >= 0.6 is 0 Å². The van der Waals surface area contributed by atoms with Gasteiger partial charge in [0.25, 0.3) is 0 Å². The quantitative estimate of drug-likeness (QED) is 0.0738. The first-order valence-electron chi connectivity index (χ1n) is 16.1. The van der Waals surface area contributed by atoms with Crippen molar-refractivity contribution in [2.45, 2.75) is 33.4 Å². The second kappa shape index (κ2) is 22.0. The average molecular weight is 957 g/mol. The van der Waals surface area contributed by atoms with E-state index in [-0.39, 0.29) is 151 Å². The zero-order valence-corrected chi connectivity index (χ0v) is 44.7. The Bertz CT molecular complexity index is 3030. The molecule has 2 amide bonds. The van der Waals surface area contributed by atoms with Crippen molar-refractivity contribution in [3.8, 4) is 0 Å². The number of benzene rings is 6. The van der Waals surface area contributed by atoms with Crippen LogP contribution in [0, 0.1) is 13.8 Å². The van der Waals surface area contributed by atoms with Crippen molar-refractivity contribution in [3.05, 3.63) is 108 Å². The van der Waals surface area contributed by atoms with Gasteiger partial charge in [-0.05, 0) is 121 Å². The Kier molecular flexibility index (Phi) is 19.9. The third-order valence-corrected chi connectivity index (χ3v) is 11.7. The first-order valence-corrected chi connectivity index (χ1v) is 21.7. The monoisotopic (exact) mass is 956 g/mol. The molecule has 19 nitrogen and oxygen atoms in total. The Hall–Kier alpha value is -2.05. The van der Waals surface area contributed by atoms with Gasteiger partial charge in [0.05, 0.1) is 42.3 Å². The number of amides is 2. The van der Waals surface area contributed by atoms with Gasteiger partial charge in [-0.3, -0.25) is 0 Å². The number of hydrogen-bond donors (Lipinski definition) is 2. The van der Waals surface area contributed by atoms with Crippen molar-refractivity contribution in [2.75, 3.05) is 10.6 Å². The van der Waals surface area contributed by atoms with Crippen molar-refractivity contribution in [3.63, 3.8) is 0 Å². The molecule has 27 heteroatoms. The molecule has 0 fully saturated rings. The molecule has 6 aromatic rings. The zero-order valence-electron chi connectivity index (χ0n) is 33.5. The van der Waals surface area contributed by atoms with Gasteiger partial charge in [0.1, 0.15) is 40.5 Å². The summed E-state index contributed by atoms with van der Waals surface area (Å²) in [4.78, 5) is 9.34. The summed E-state index contributed by atoms with van der Waals surface area (Å²) < 4.78 is 140. The van der Waals surface area contributed by atoms with E-state index >= 15 is 0 Å². The summed E-state index contributed by atoms with van der Waals surface area (Å²) in [6, 6.07) is 19.4. The first kappa shape index (κ1) is 56.1. The van der Waals surface area contributed by atoms with E-state index in [0.29, 0.717) is 46.0 Å². The van der Waals surface area contributed by atoms with Crippen LogP contribution in [0.4, 0.5) is 38.9 Å². The van der Waals surface area contributed by atoms with E-state index in [1.165, 1.54) is 48.5 Å². The minimum absolute atomic E-state index is 0. The van der Waals surface area contributed by atoms with Crippen LogP contribution in [-0.4, -0.2) is 57.9 Å². The average Bonchev–Trinajstić information content (AvgIpc) is 3.12. The van der Waals surface area contributed by atoms with E-state index in [4.69, 9.17) is 0 Å². The number of hydrogen-bond acceptors (Lipinski definition) is 17. The fraction of sp³-hybridized carbons (Fsp3) is 0.0571. The van der Waals surface area contributed by atoms with Crippen LogP contribution in [0.3, 0.4) is 0 Å². The molecular formula is C35H24N6Na4O13S4. The molecule has 62 heavy (non-hydrogen) atoms. The Balaban J connectivity index is 0.00000331. The molecule has 0 aliphatic rings. The normalized spacial score (nSPS) is 12.0. The van der Waals surface area contributed by atoms with E-state index in [1.54, 1.807) is 38.1 Å². The summed E-state index contributed by atoms with van der Waals surface area (Å²) in [5.74, 6) is 0. The Labute approximate surface area is 443 Å². The molecule has 2 N–H and O–H groups in total. The molecule has 0 saturated carbocycles. The third-order valence-electron chi connectivity index (χ3n) is 8.34. The van der Waals surface area contributed by atoms with Crippen molar-refractivity contribution in [2.24, 2.45) is 20.5 Å². The van der Waals surface area contributed by atoms with Crippen LogP contribution in [0.2, 0.25) is 0 Å². The van der Waals surface area contributed by atoms with Gasteiger partial charge in [0, 0.05) is 22.1 Å². The second-order valence-electron chi connectivity index (χ2n) is 12.4. The molecule has 0 bridgehead atoms. The van der Waals surface area contributed by atoms with Gasteiger partial charge in [0.15, 0.2) is 0 Å². The number of nitrogens with zero attached hydrogens (tertiary/aromatic N) is 4. The predicted octanol–water partition coefficient (Wildman–Crippen LogP) is -5.28. The fourth-order valence-corrected chi connectivity index (χ4v) is 8.26. The van der Waals surface area contributed by atoms with Crippen LogP contribution in [0.15, 0.2) is 137 Å². The van der Waals surface area contributed by atoms with Gasteiger partial charge in [-0.2, -0.15) is 20.5 Å². The summed E-state index contributed by atoms with van der Waals surface area (Å²) in [6.07, 6.45) is 0. The van der Waals surface area contributed by atoms with E-state index in [9.17, 15) is 56.7 Å². The number of rotatable bonds is 10. The van der Waals surface area contributed by atoms with Gasteiger partial charge >= 0.3 is 124 Å². The summed E-state index contributed by atoms with van der Waals surface area (Å²) in [5.41, 5.74) is 2.85. The van der Waals surface area contributed by atoms with E-state index in [1.807, 2.05) is 0 Å². The molecule has 0 saturated heterocycles. The van der Waals surface area contributed by atoms with Gasteiger partial charge in [-0.15, -0.1) is 0 Å². The predicted molar refractivity (Wildman–Crippen MR) is 203 cm³/mol. The Morgan fingerprint density at radius 2 is 0.742 bits per heavy atom. The minimum atomic E-state index is -5.18. The van der Waals surface area contributed by atoms with E-state index in [2.05, 4.69) is 31.1 Å². The molecule has 0 radical (unpaired) electrons. The number of carbonyl (C=O) groups is 1. The molecule has 0 aromatic heterocycles. The van der Waals surface area contributed by atoms with E-state index < -0.39 is 66.1 Å². The maximum Gasteiger partial charge on any atom is 1.00 e. The number of aryl methyl sites for hydroxylation is 2. The van der Waals surface area contributed by atoms with Crippen molar-refractivity contribution >= 4 is 102 Å². The SMILES string of the molecule is Cc1cc(N=Nc2ccc3cc(S(=O)(=O)[O-])cc(S(=O)(=O)[O-])c3c2)ccc1NC(=O)Nc1ccc(N=Nc2ccc3cc(S(=O)(=O)[O-])cc(S(=O)(=O)[O-])c3c2)cc1C.[Na+].[Na+].[Na+].[Na+]. The number of carbonyl (C=O) groups excluding carboxylic acids is 1. The summed E-state index contributed by atoms with van der Waals surface area (Å²) >= 11 is 0. The molecule has 300 valence electrons. The number of azo groups is 2. The fourth-order valence-electron chi connectivity index (χ4n) is 5.60. The van der Waals surface area contributed by atoms with Crippen LogP contribution < -0.4 is 129 Å². The third kappa shape index (κ3) is 14.0. The maximum atomic E-state index is 12.9.